The van der Waals surface area contributed by atoms with Crippen LogP contribution in [-0.4, -0.2) is 21.8 Å². The Balaban J connectivity index is 1.52. The van der Waals surface area contributed by atoms with E-state index in [0.717, 1.165) is 0 Å². The van der Waals surface area contributed by atoms with Crippen molar-refractivity contribution in [1.82, 2.24) is 10.1 Å². The van der Waals surface area contributed by atoms with Crippen LogP contribution in [0.15, 0.2) is 47.0 Å². The van der Waals surface area contributed by atoms with E-state index >= 15 is 0 Å². The van der Waals surface area contributed by atoms with Gasteiger partial charge >= 0.3 is 0 Å². The maximum absolute atomic E-state index is 13.6. The highest BCUT2D eigenvalue weighted by Gasteiger charge is 2.11. The van der Waals surface area contributed by atoms with E-state index in [0.29, 0.717) is 39.8 Å². The molecule has 8 heteroatoms. The highest BCUT2D eigenvalue weighted by atomic mass is 32.2. The molecule has 0 saturated heterocycles. The molecule has 27 heavy (non-hydrogen) atoms. The van der Waals surface area contributed by atoms with Crippen LogP contribution >= 0.6 is 11.8 Å². The number of aryl methyl sites for hydroxylation is 1. The lowest BCUT2D eigenvalue weighted by Crippen LogP contribution is -2.14. The van der Waals surface area contributed by atoms with Crippen molar-refractivity contribution < 1.29 is 13.7 Å². The number of nitriles is 1. The molecule has 0 atom stereocenters. The zero-order valence-corrected chi connectivity index (χ0v) is 15.2. The Labute approximate surface area is 159 Å². The number of carbonyl (C=O) groups excluding carboxylic acids is 1. The van der Waals surface area contributed by atoms with Gasteiger partial charge in [-0.1, -0.05) is 23.4 Å². The summed E-state index contributed by atoms with van der Waals surface area (Å²) >= 11 is 1.31. The standard InChI is InChI=1S/C19H15FN4O2S/c1-12-5-6-14(8-16(12)20)19-23-18(26-24-19)11-27-10-17(25)22-15-4-2-3-13(7-15)9-21/h2-8H,10-11H2,1H3,(H,22,25). The third kappa shape index (κ3) is 4.92. The van der Waals surface area contributed by atoms with Gasteiger partial charge in [-0.15, -0.1) is 11.8 Å². The number of amides is 1. The highest BCUT2D eigenvalue weighted by Crippen LogP contribution is 2.20. The molecule has 0 radical (unpaired) electrons. The van der Waals surface area contributed by atoms with Crippen molar-refractivity contribution in [2.75, 3.05) is 11.1 Å². The molecule has 1 aromatic heterocycles. The van der Waals surface area contributed by atoms with Crippen LogP contribution in [0.25, 0.3) is 11.4 Å². The quantitative estimate of drug-likeness (QED) is 0.694. The number of thioether (sulfide) groups is 1. The van der Waals surface area contributed by atoms with Crippen molar-refractivity contribution in [1.29, 1.82) is 5.26 Å². The summed E-state index contributed by atoms with van der Waals surface area (Å²) in [4.78, 5) is 16.2. The summed E-state index contributed by atoms with van der Waals surface area (Å²) in [6, 6.07) is 13.4. The Morgan fingerprint density at radius 3 is 2.96 bits per heavy atom. The van der Waals surface area contributed by atoms with E-state index in [1.165, 1.54) is 17.8 Å². The molecule has 6 nitrogen and oxygen atoms in total. The number of hydrogen-bond acceptors (Lipinski definition) is 6. The topological polar surface area (TPSA) is 91.8 Å². The number of nitrogens with zero attached hydrogens (tertiary/aromatic N) is 3. The molecular formula is C19H15FN4O2S. The first kappa shape index (κ1) is 18.6. The summed E-state index contributed by atoms with van der Waals surface area (Å²) in [6.45, 7) is 1.68. The second-order valence-corrected chi connectivity index (χ2v) is 6.69. The lowest BCUT2D eigenvalue weighted by molar-refractivity contribution is -0.113. The van der Waals surface area contributed by atoms with Crippen LogP contribution in [0.4, 0.5) is 10.1 Å². The van der Waals surface area contributed by atoms with Gasteiger partial charge in [-0.05, 0) is 36.8 Å². The van der Waals surface area contributed by atoms with E-state index in [1.54, 1.807) is 43.3 Å². The van der Waals surface area contributed by atoms with E-state index in [9.17, 15) is 9.18 Å². The summed E-state index contributed by atoms with van der Waals surface area (Å²) in [5.41, 5.74) is 2.13. The number of benzene rings is 2. The largest absolute Gasteiger partial charge is 0.338 e. The molecule has 0 saturated carbocycles. The molecule has 0 aliphatic rings. The number of rotatable bonds is 6. The smallest absolute Gasteiger partial charge is 0.236 e. The fraction of sp³-hybridized carbons (Fsp3) is 0.158. The van der Waals surface area contributed by atoms with Crippen molar-refractivity contribution in [2.45, 2.75) is 12.7 Å². The maximum Gasteiger partial charge on any atom is 0.236 e. The summed E-state index contributed by atoms with van der Waals surface area (Å²) < 4.78 is 18.8. The van der Waals surface area contributed by atoms with Gasteiger partial charge in [0.15, 0.2) is 0 Å². The second kappa shape index (κ2) is 8.47. The first-order chi connectivity index (χ1) is 13.0. The maximum atomic E-state index is 13.6. The minimum atomic E-state index is -0.328. The first-order valence-corrected chi connectivity index (χ1v) is 9.17. The van der Waals surface area contributed by atoms with Crippen LogP contribution in [0.5, 0.6) is 0 Å². The van der Waals surface area contributed by atoms with Crippen molar-refractivity contribution in [3.63, 3.8) is 0 Å². The zero-order chi connectivity index (χ0) is 19.2. The Hall–Kier alpha value is -3.18. The number of anilines is 1. The van der Waals surface area contributed by atoms with Crippen molar-refractivity contribution in [3.05, 3.63) is 65.3 Å². The average molecular weight is 382 g/mol. The zero-order valence-electron chi connectivity index (χ0n) is 14.4. The van der Waals surface area contributed by atoms with Crippen LogP contribution in [0.2, 0.25) is 0 Å². The van der Waals surface area contributed by atoms with E-state index in [4.69, 9.17) is 9.78 Å². The van der Waals surface area contributed by atoms with Gasteiger partial charge in [0, 0.05) is 11.3 Å². The Morgan fingerprint density at radius 2 is 2.19 bits per heavy atom. The number of halogens is 1. The third-order valence-corrected chi connectivity index (χ3v) is 4.55. The molecule has 0 aliphatic carbocycles. The lowest BCUT2D eigenvalue weighted by Gasteiger charge is -2.04. The van der Waals surface area contributed by atoms with Crippen molar-refractivity contribution in [2.24, 2.45) is 0 Å². The summed E-state index contributed by atoms with van der Waals surface area (Å²) in [5.74, 6) is 0.680. The van der Waals surface area contributed by atoms with Crippen molar-refractivity contribution in [3.8, 4) is 17.5 Å². The second-order valence-electron chi connectivity index (χ2n) is 5.71. The van der Waals surface area contributed by atoms with Gasteiger partial charge in [0.1, 0.15) is 5.82 Å². The molecule has 2 aromatic carbocycles. The van der Waals surface area contributed by atoms with E-state index in [2.05, 4.69) is 15.5 Å². The lowest BCUT2D eigenvalue weighted by atomic mass is 10.1. The Kier molecular flexibility index (Phi) is 5.84. The molecule has 0 unspecified atom stereocenters. The molecule has 3 rings (SSSR count). The SMILES string of the molecule is Cc1ccc(-c2noc(CSCC(=O)Nc3cccc(C#N)c3)n2)cc1F. The molecule has 0 spiro atoms. The predicted octanol–water partition coefficient (Wildman–Crippen LogP) is 3.93. The number of aromatic nitrogens is 2. The molecule has 1 amide bonds. The molecule has 0 fully saturated rings. The first-order valence-electron chi connectivity index (χ1n) is 8.02. The number of hydrogen-bond donors (Lipinski definition) is 1. The summed E-state index contributed by atoms with van der Waals surface area (Å²) in [7, 11) is 0. The van der Waals surface area contributed by atoms with Gasteiger partial charge in [-0.3, -0.25) is 4.79 Å². The minimum Gasteiger partial charge on any atom is -0.338 e. The normalized spacial score (nSPS) is 10.4. The van der Waals surface area contributed by atoms with E-state index in [1.807, 2.05) is 6.07 Å². The summed E-state index contributed by atoms with van der Waals surface area (Å²) in [5, 5.41) is 15.4. The van der Waals surface area contributed by atoms with Gasteiger partial charge in [-0.25, -0.2) is 4.39 Å². The monoisotopic (exact) mass is 382 g/mol. The van der Waals surface area contributed by atoms with Crippen LogP contribution in [0, 0.1) is 24.1 Å². The fourth-order valence-electron chi connectivity index (χ4n) is 2.26. The van der Waals surface area contributed by atoms with E-state index < -0.39 is 0 Å². The van der Waals surface area contributed by atoms with Crippen LogP contribution in [-0.2, 0) is 10.5 Å². The number of carbonyl (C=O) groups is 1. The van der Waals surface area contributed by atoms with Gasteiger partial charge in [0.25, 0.3) is 0 Å². The van der Waals surface area contributed by atoms with Crippen molar-refractivity contribution >= 4 is 23.4 Å². The van der Waals surface area contributed by atoms with Gasteiger partial charge in [0.2, 0.25) is 17.6 Å². The molecule has 0 aliphatic heterocycles. The van der Waals surface area contributed by atoms with Crippen LogP contribution in [0.3, 0.4) is 0 Å². The van der Waals surface area contributed by atoms with Gasteiger partial charge in [0.05, 0.1) is 23.1 Å². The molecule has 0 bridgehead atoms. The van der Waals surface area contributed by atoms with Crippen LogP contribution < -0.4 is 5.32 Å². The average Bonchev–Trinajstić information content (AvgIpc) is 3.13. The Bertz CT molecular complexity index is 1010. The number of nitrogens with one attached hydrogen (secondary N) is 1. The van der Waals surface area contributed by atoms with Gasteiger partial charge < -0.3 is 9.84 Å². The Morgan fingerprint density at radius 1 is 1.33 bits per heavy atom. The fourth-order valence-corrected chi connectivity index (χ4v) is 2.91. The minimum absolute atomic E-state index is 0.188. The molecule has 136 valence electrons. The van der Waals surface area contributed by atoms with Gasteiger partial charge in [-0.2, -0.15) is 10.2 Å². The molecule has 1 heterocycles. The highest BCUT2D eigenvalue weighted by molar-refractivity contribution is 7.99. The van der Waals surface area contributed by atoms with E-state index in [-0.39, 0.29) is 17.5 Å². The molecule has 3 aromatic rings. The third-order valence-electron chi connectivity index (χ3n) is 3.63. The molecule has 1 N–H and O–H groups in total. The predicted molar refractivity (Wildman–Crippen MR) is 100 cm³/mol. The van der Waals surface area contributed by atoms with Crippen LogP contribution in [0.1, 0.15) is 17.0 Å². The molecular weight excluding hydrogens is 367 g/mol. The summed E-state index contributed by atoms with van der Waals surface area (Å²) in [6.07, 6.45) is 0.